The normalized spacial score (nSPS) is 13.5. The Morgan fingerprint density at radius 2 is 1.79 bits per heavy atom. The zero-order chi connectivity index (χ0) is 23.5. The first-order valence-corrected chi connectivity index (χ1v) is 10.9. The maximum atomic E-state index is 12.4. The minimum absolute atomic E-state index is 0.221. The summed E-state index contributed by atoms with van der Waals surface area (Å²) < 4.78 is 11.0. The maximum absolute atomic E-state index is 12.4. The van der Waals surface area contributed by atoms with E-state index in [9.17, 15) is 9.59 Å². The van der Waals surface area contributed by atoms with Gasteiger partial charge < -0.3 is 20.1 Å². The van der Waals surface area contributed by atoms with Crippen molar-refractivity contribution in [1.29, 1.82) is 0 Å². The number of fused-ring (bicyclic) bond motifs is 1. The Bertz CT molecular complexity index is 1270. The molecule has 0 saturated heterocycles. The largest absolute Gasteiger partial charge is 0.493 e. The van der Waals surface area contributed by atoms with E-state index in [1.807, 2.05) is 0 Å². The molecule has 3 aromatic rings. The van der Waals surface area contributed by atoms with E-state index in [2.05, 4.69) is 10.6 Å². The highest BCUT2D eigenvalue weighted by Gasteiger charge is 2.24. The van der Waals surface area contributed by atoms with Crippen LogP contribution in [-0.2, 0) is 9.59 Å². The number of carbonyl (C=O) groups is 2. The van der Waals surface area contributed by atoms with Crippen molar-refractivity contribution in [2.24, 2.45) is 0 Å². The van der Waals surface area contributed by atoms with Crippen LogP contribution in [0.2, 0.25) is 15.1 Å². The number of amides is 2. The number of anilines is 2. The first-order valence-electron chi connectivity index (χ1n) is 9.73. The number of benzene rings is 3. The van der Waals surface area contributed by atoms with Crippen molar-refractivity contribution in [2.75, 3.05) is 24.4 Å². The maximum Gasteiger partial charge on any atom is 0.262 e. The van der Waals surface area contributed by atoms with E-state index >= 15 is 0 Å². The standard InChI is InChI=1S/C24H17Cl3N2O4/c1-32-21-10-13(9-16-15-11-14(25)6-7-19(15)28-24(16)31)5-8-20(21)33-12-22(30)29-23-17(26)3-2-4-18(23)27/h2-11H,12H2,1H3,(H,28,31)(H,29,30)/b16-9+. The fourth-order valence-electron chi connectivity index (χ4n) is 3.30. The second kappa shape index (κ2) is 9.75. The lowest BCUT2D eigenvalue weighted by Crippen LogP contribution is -2.20. The molecule has 1 aliphatic heterocycles. The second-order valence-electron chi connectivity index (χ2n) is 7.05. The van der Waals surface area contributed by atoms with Gasteiger partial charge in [-0.3, -0.25) is 9.59 Å². The topological polar surface area (TPSA) is 76.7 Å². The predicted molar refractivity (Wildman–Crippen MR) is 132 cm³/mol. The molecule has 0 fully saturated rings. The van der Waals surface area contributed by atoms with Gasteiger partial charge in [-0.25, -0.2) is 0 Å². The summed E-state index contributed by atoms with van der Waals surface area (Å²) in [5.74, 6) is 0.104. The summed E-state index contributed by atoms with van der Waals surface area (Å²) in [6.45, 7) is -0.285. The average molecular weight is 504 g/mol. The smallest absolute Gasteiger partial charge is 0.262 e. The van der Waals surface area contributed by atoms with E-state index < -0.39 is 5.91 Å². The molecule has 0 spiro atoms. The van der Waals surface area contributed by atoms with E-state index in [0.29, 0.717) is 49.1 Å². The molecule has 0 aromatic heterocycles. The summed E-state index contributed by atoms with van der Waals surface area (Å²) in [7, 11) is 1.49. The fraction of sp³-hybridized carbons (Fsp3) is 0.0833. The first-order chi connectivity index (χ1) is 15.9. The van der Waals surface area contributed by atoms with Crippen molar-refractivity contribution in [2.45, 2.75) is 0 Å². The van der Waals surface area contributed by atoms with Gasteiger partial charge in [-0.2, -0.15) is 0 Å². The van der Waals surface area contributed by atoms with Crippen molar-refractivity contribution in [3.8, 4) is 11.5 Å². The van der Waals surface area contributed by atoms with Gasteiger partial charge in [0.1, 0.15) is 0 Å². The molecule has 9 heteroatoms. The Labute approximate surface area is 205 Å². The van der Waals surface area contributed by atoms with Crippen molar-refractivity contribution < 1.29 is 19.1 Å². The zero-order valence-corrected chi connectivity index (χ0v) is 19.5. The lowest BCUT2D eigenvalue weighted by atomic mass is 10.0. The van der Waals surface area contributed by atoms with Crippen LogP contribution in [0.15, 0.2) is 54.6 Å². The number of hydrogen-bond acceptors (Lipinski definition) is 4. The van der Waals surface area contributed by atoms with Gasteiger partial charge in [-0.15, -0.1) is 0 Å². The lowest BCUT2D eigenvalue weighted by Gasteiger charge is -2.13. The third kappa shape index (κ3) is 5.09. The van der Waals surface area contributed by atoms with Crippen molar-refractivity contribution >= 4 is 69.6 Å². The van der Waals surface area contributed by atoms with Crippen LogP contribution >= 0.6 is 34.8 Å². The third-order valence-corrected chi connectivity index (χ3v) is 5.71. The quantitative estimate of drug-likeness (QED) is 0.395. The second-order valence-corrected chi connectivity index (χ2v) is 8.30. The summed E-state index contributed by atoms with van der Waals surface area (Å²) in [4.78, 5) is 24.7. The number of methoxy groups -OCH3 is 1. The van der Waals surface area contributed by atoms with Gasteiger partial charge in [0, 0.05) is 21.8 Å². The summed E-state index contributed by atoms with van der Waals surface area (Å²) in [5.41, 5.74) is 2.94. The first kappa shape index (κ1) is 23.0. The Hall–Kier alpha value is -3.19. The molecule has 3 aromatic carbocycles. The SMILES string of the molecule is COc1cc(/C=C2/C(=O)Nc3ccc(Cl)cc32)ccc1OCC(=O)Nc1c(Cl)cccc1Cl. The van der Waals surface area contributed by atoms with Gasteiger partial charge in [0.25, 0.3) is 11.8 Å². The zero-order valence-electron chi connectivity index (χ0n) is 17.2. The number of rotatable bonds is 6. The molecule has 0 unspecified atom stereocenters. The molecule has 0 saturated carbocycles. The van der Waals surface area contributed by atoms with Gasteiger partial charge >= 0.3 is 0 Å². The number of nitrogens with one attached hydrogen (secondary N) is 2. The highest BCUT2D eigenvalue weighted by Crippen LogP contribution is 2.36. The van der Waals surface area contributed by atoms with Crippen LogP contribution in [0.3, 0.4) is 0 Å². The Kier molecular flexibility index (Phi) is 6.79. The predicted octanol–water partition coefficient (Wildman–Crippen LogP) is 6.17. The third-order valence-electron chi connectivity index (χ3n) is 4.85. The van der Waals surface area contributed by atoms with E-state index in [-0.39, 0.29) is 12.5 Å². The molecule has 6 nitrogen and oxygen atoms in total. The number of carbonyl (C=O) groups excluding carboxylic acids is 2. The molecular formula is C24H17Cl3N2O4. The van der Waals surface area contributed by atoms with E-state index in [4.69, 9.17) is 44.3 Å². The molecule has 0 radical (unpaired) electrons. The van der Waals surface area contributed by atoms with Gasteiger partial charge in [0.2, 0.25) is 0 Å². The van der Waals surface area contributed by atoms with Crippen LogP contribution in [-0.4, -0.2) is 25.5 Å². The number of halogens is 3. The Morgan fingerprint density at radius 3 is 2.52 bits per heavy atom. The van der Waals surface area contributed by atoms with Crippen LogP contribution in [0.4, 0.5) is 11.4 Å². The van der Waals surface area contributed by atoms with E-state index in [0.717, 1.165) is 5.56 Å². The van der Waals surface area contributed by atoms with Crippen LogP contribution in [0.1, 0.15) is 11.1 Å². The molecule has 0 aliphatic carbocycles. The molecular weight excluding hydrogens is 487 g/mol. The number of para-hydroxylation sites is 1. The summed E-state index contributed by atoms with van der Waals surface area (Å²) in [6.07, 6.45) is 1.73. The summed E-state index contributed by atoms with van der Waals surface area (Å²) >= 11 is 18.2. The van der Waals surface area contributed by atoms with E-state index in [1.165, 1.54) is 7.11 Å². The molecule has 0 bridgehead atoms. The fourth-order valence-corrected chi connectivity index (χ4v) is 3.96. The molecule has 33 heavy (non-hydrogen) atoms. The number of hydrogen-bond donors (Lipinski definition) is 2. The summed E-state index contributed by atoms with van der Waals surface area (Å²) in [5, 5.41) is 6.63. The van der Waals surface area contributed by atoms with Crippen molar-refractivity contribution in [3.05, 3.63) is 80.8 Å². The van der Waals surface area contributed by atoms with Crippen LogP contribution < -0.4 is 20.1 Å². The highest BCUT2D eigenvalue weighted by atomic mass is 35.5. The molecule has 4 rings (SSSR count). The molecule has 168 valence electrons. The van der Waals surface area contributed by atoms with Gasteiger partial charge in [-0.1, -0.05) is 46.9 Å². The Morgan fingerprint density at radius 1 is 1.03 bits per heavy atom. The Balaban J connectivity index is 1.50. The molecule has 0 atom stereocenters. The van der Waals surface area contributed by atoms with E-state index in [1.54, 1.807) is 60.7 Å². The monoisotopic (exact) mass is 502 g/mol. The molecule has 2 N–H and O–H groups in total. The van der Waals surface area contributed by atoms with Crippen molar-refractivity contribution in [3.63, 3.8) is 0 Å². The van der Waals surface area contributed by atoms with Crippen LogP contribution in [0.5, 0.6) is 11.5 Å². The average Bonchev–Trinajstić information content (AvgIpc) is 3.09. The molecule has 2 amide bonds. The van der Waals surface area contributed by atoms with Crippen molar-refractivity contribution in [1.82, 2.24) is 0 Å². The highest BCUT2D eigenvalue weighted by molar-refractivity contribution is 6.40. The number of ether oxygens (including phenoxy) is 2. The van der Waals surface area contributed by atoms with Gasteiger partial charge in [0.15, 0.2) is 18.1 Å². The minimum Gasteiger partial charge on any atom is -0.493 e. The minimum atomic E-state index is -0.436. The van der Waals surface area contributed by atoms with Gasteiger partial charge in [-0.05, 0) is 54.1 Å². The van der Waals surface area contributed by atoms with Gasteiger partial charge in [0.05, 0.1) is 22.8 Å². The van der Waals surface area contributed by atoms with Crippen LogP contribution in [0.25, 0.3) is 11.6 Å². The molecule has 1 aliphatic rings. The lowest BCUT2D eigenvalue weighted by molar-refractivity contribution is -0.118. The summed E-state index contributed by atoms with van der Waals surface area (Å²) in [6, 6.07) is 15.3. The molecule has 1 heterocycles. The van der Waals surface area contributed by atoms with Crippen LogP contribution in [0, 0.1) is 0 Å².